The molecule has 5 nitrogen and oxygen atoms in total. The van der Waals surface area contributed by atoms with Crippen molar-refractivity contribution in [2.75, 3.05) is 7.11 Å². The molecule has 0 heterocycles. The number of halogens is 1. The second-order valence-corrected chi connectivity index (χ2v) is 7.01. The lowest BCUT2D eigenvalue weighted by atomic mass is 9.91. The lowest BCUT2D eigenvalue weighted by molar-refractivity contribution is -0.170. The fourth-order valence-electron chi connectivity index (χ4n) is 1.70. The first-order chi connectivity index (χ1) is 9.58. The summed E-state index contributed by atoms with van der Waals surface area (Å²) in [5.41, 5.74) is 4.19. The van der Waals surface area contributed by atoms with Crippen molar-refractivity contribution in [1.82, 2.24) is 0 Å². The molecule has 0 amide bonds. The fourth-order valence-corrected chi connectivity index (χ4v) is 2.06. The molecular weight excluding hydrogens is 385 g/mol. The predicted molar refractivity (Wildman–Crippen MR) is 87.6 cm³/mol. The number of esters is 2. The number of benzene rings is 1. The smallest absolute Gasteiger partial charge is 0.338 e. The highest BCUT2D eigenvalue weighted by Gasteiger charge is 2.46. The molecule has 0 fully saturated rings. The molecule has 0 saturated heterocycles. The van der Waals surface area contributed by atoms with Gasteiger partial charge in [0.05, 0.1) is 7.11 Å². The number of ether oxygens (including phenoxy) is 2. The van der Waals surface area contributed by atoms with E-state index < -0.39 is 23.1 Å². The Morgan fingerprint density at radius 1 is 1.14 bits per heavy atom. The zero-order valence-electron chi connectivity index (χ0n) is 12.6. The summed E-state index contributed by atoms with van der Waals surface area (Å²) in [5.74, 6) is -1.60. The molecule has 0 aliphatic rings. The molecule has 0 bridgehead atoms. The molecule has 0 aromatic heterocycles. The minimum Gasteiger partial charge on any atom is -0.467 e. The topological polar surface area (TPSA) is 78.6 Å². The van der Waals surface area contributed by atoms with Crippen molar-refractivity contribution < 1.29 is 19.1 Å². The largest absolute Gasteiger partial charge is 0.467 e. The van der Waals surface area contributed by atoms with E-state index in [4.69, 9.17) is 10.5 Å². The van der Waals surface area contributed by atoms with E-state index in [9.17, 15) is 9.59 Å². The maximum Gasteiger partial charge on any atom is 0.338 e. The third-order valence-electron chi connectivity index (χ3n) is 2.71. The van der Waals surface area contributed by atoms with Crippen LogP contribution >= 0.6 is 22.6 Å². The maximum absolute atomic E-state index is 12.3. The lowest BCUT2D eigenvalue weighted by Gasteiger charge is -2.29. The standard InChI is InChI=1S/C15H20INO4/c1-14(2,3)21-13(19)15(17,12(18)20-4)9-10-5-7-11(16)8-6-10/h5-8H,9,17H2,1-4H3/t15-/m0/s1. The van der Waals surface area contributed by atoms with Crippen LogP contribution in [-0.2, 0) is 25.5 Å². The molecule has 21 heavy (non-hydrogen) atoms. The van der Waals surface area contributed by atoms with Gasteiger partial charge in [0.15, 0.2) is 0 Å². The molecule has 0 spiro atoms. The van der Waals surface area contributed by atoms with Crippen molar-refractivity contribution in [3.8, 4) is 0 Å². The van der Waals surface area contributed by atoms with E-state index in [1.807, 2.05) is 24.3 Å². The molecule has 116 valence electrons. The molecular formula is C15H20INO4. The van der Waals surface area contributed by atoms with Crippen molar-refractivity contribution in [1.29, 1.82) is 0 Å². The molecule has 1 atom stereocenters. The van der Waals surface area contributed by atoms with E-state index in [1.165, 1.54) is 7.11 Å². The van der Waals surface area contributed by atoms with Crippen LogP contribution in [0.25, 0.3) is 0 Å². The first-order valence-electron chi connectivity index (χ1n) is 6.44. The Morgan fingerprint density at radius 2 is 1.67 bits per heavy atom. The summed E-state index contributed by atoms with van der Waals surface area (Å²) in [6, 6.07) is 7.39. The highest BCUT2D eigenvalue weighted by molar-refractivity contribution is 14.1. The van der Waals surface area contributed by atoms with Crippen LogP contribution in [0.1, 0.15) is 26.3 Å². The second kappa shape index (κ2) is 6.74. The number of nitrogens with two attached hydrogens (primary N) is 1. The summed E-state index contributed by atoms with van der Waals surface area (Å²) in [4.78, 5) is 24.3. The van der Waals surface area contributed by atoms with Gasteiger partial charge < -0.3 is 15.2 Å². The first-order valence-corrected chi connectivity index (χ1v) is 7.51. The number of hydrogen-bond acceptors (Lipinski definition) is 5. The molecule has 6 heteroatoms. The van der Waals surface area contributed by atoms with Crippen LogP contribution in [0.4, 0.5) is 0 Å². The van der Waals surface area contributed by atoms with Gasteiger partial charge in [0, 0.05) is 9.99 Å². The Balaban J connectivity index is 3.06. The molecule has 1 rings (SSSR count). The Morgan fingerprint density at radius 3 is 2.10 bits per heavy atom. The van der Waals surface area contributed by atoms with Crippen LogP contribution in [0, 0.1) is 3.57 Å². The van der Waals surface area contributed by atoms with E-state index in [0.29, 0.717) is 0 Å². The zero-order chi connectivity index (χ0) is 16.3. The van der Waals surface area contributed by atoms with E-state index in [1.54, 1.807) is 20.8 Å². The number of carbonyl (C=O) groups excluding carboxylic acids is 2. The third-order valence-corrected chi connectivity index (χ3v) is 3.43. The van der Waals surface area contributed by atoms with Crippen LogP contribution in [0.2, 0.25) is 0 Å². The maximum atomic E-state index is 12.3. The summed E-state index contributed by atoms with van der Waals surface area (Å²) in [6.07, 6.45) is 0.0194. The SMILES string of the molecule is COC(=O)[C@@](N)(Cc1ccc(I)cc1)C(=O)OC(C)(C)C. The Labute approximate surface area is 138 Å². The number of methoxy groups -OCH3 is 1. The van der Waals surface area contributed by atoms with Gasteiger partial charge in [-0.25, -0.2) is 9.59 Å². The molecule has 0 saturated carbocycles. The van der Waals surface area contributed by atoms with Gasteiger partial charge in [-0.2, -0.15) is 0 Å². The molecule has 0 radical (unpaired) electrons. The van der Waals surface area contributed by atoms with Gasteiger partial charge in [-0.05, 0) is 61.1 Å². The summed E-state index contributed by atoms with van der Waals surface area (Å²) in [7, 11) is 1.20. The highest BCUT2D eigenvalue weighted by atomic mass is 127. The van der Waals surface area contributed by atoms with Crippen LogP contribution in [-0.4, -0.2) is 30.2 Å². The molecule has 0 unspecified atom stereocenters. The van der Waals surface area contributed by atoms with Gasteiger partial charge in [-0.15, -0.1) is 0 Å². The van der Waals surface area contributed by atoms with Crippen molar-refractivity contribution in [3.63, 3.8) is 0 Å². The third kappa shape index (κ3) is 4.96. The molecule has 2 N–H and O–H groups in total. The molecule has 0 aliphatic carbocycles. The zero-order valence-corrected chi connectivity index (χ0v) is 14.8. The summed E-state index contributed by atoms with van der Waals surface area (Å²) < 4.78 is 11.0. The number of carbonyl (C=O) groups is 2. The van der Waals surface area contributed by atoms with Gasteiger partial charge in [-0.3, -0.25) is 0 Å². The monoisotopic (exact) mass is 405 g/mol. The van der Waals surface area contributed by atoms with Crippen molar-refractivity contribution in [2.45, 2.75) is 38.3 Å². The first kappa shape index (κ1) is 17.9. The quantitative estimate of drug-likeness (QED) is 0.471. The van der Waals surface area contributed by atoms with Crippen molar-refractivity contribution in [2.24, 2.45) is 5.73 Å². The van der Waals surface area contributed by atoms with E-state index in [0.717, 1.165) is 9.13 Å². The minimum absolute atomic E-state index is 0.0194. The van der Waals surface area contributed by atoms with Gasteiger partial charge >= 0.3 is 11.9 Å². The second-order valence-electron chi connectivity index (χ2n) is 5.77. The molecule has 0 aliphatic heterocycles. The minimum atomic E-state index is -1.85. The Bertz CT molecular complexity index is 521. The van der Waals surface area contributed by atoms with Gasteiger partial charge in [-0.1, -0.05) is 12.1 Å². The van der Waals surface area contributed by atoms with E-state index in [2.05, 4.69) is 27.3 Å². The fraction of sp³-hybridized carbons (Fsp3) is 0.467. The Hall–Kier alpha value is -1.15. The summed E-state index contributed by atoms with van der Waals surface area (Å²) >= 11 is 2.17. The summed E-state index contributed by atoms with van der Waals surface area (Å²) in [5, 5.41) is 0. The van der Waals surface area contributed by atoms with Crippen molar-refractivity contribution >= 4 is 34.5 Å². The number of hydrogen-bond donors (Lipinski definition) is 1. The lowest BCUT2D eigenvalue weighted by Crippen LogP contribution is -2.59. The van der Waals surface area contributed by atoms with Gasteiger partial charge in [0.25, 0.3) is 0 Å². The average molecular weight is 405 g/mol. The van der Waals surface area contributed by atoms with Crippen LogP contribution in [0.15, 0.2) is 24.3 Å². The normalized spacial score (nSPS) is 14.2. The van der Waals surface area contributed by atoms with Gasteiger partial charge in [0.1, 0.15) is 5.60 Å². The summed E-state index contributed by atoms with van der Waals surface area (Å²) in [6.45, 7) is 5.15. The molecule has 1 aromatic rings. The van der Waals surface area contributed by atoms with E-state index in [-0.39, 0.29) is 6.42 Å². The van der Waals surface area contributed by atoms with Crippen molar-refractivity contribution in [3.05, 3.63) is 33.4 Å². The van der Waals surface area contributed by atoms with Crippen LogP contribution in [0.3, 0.4) is 0 Å². The van der Waals surface area contributed by atoms with Gasteiger partial charge in [0.2, 0.25) is 5.54 Å². The highest BCUT2D eigenvalue weighted by Crippen LogP contribution is 2.19. The average Bonchev–Trinajstić information content (AvgIpc) is 2.38. The van der Waals surface area contributed by atoms with E-state index >= 15 is 0 Å². The Kier molecular flexibility index (Phi) is 5.75. The number of rotatable bonds is 4. The molecule has 1 aromatic carbocycles. The van der Waals surface area contributed by atoms with Crippen LogP contribution < -0.4 is 5.73 Å². The predicted octanol–water partition coefficient (Wildman–Crippen LogP) is 2.05. The van der Waals surface area contributed by atoms with Crippen LogP contribution in [0.5, 0.6) is 0 Å².